The molecule has 0 saturated heterocycles. The topological polar surface area (TPSA) is 92.5 Å². The number of aromatic hydroxyl groups is 1. The van der Waals surface area contributed by atoms with Crippen LogP contribution in [0.25, 0.3) is 0 Å². The van der Waals surface area contributed by atoms with Crippen LogP contribution in [-0.2, 0) is 11.2 Å². The number of carbonyl (C=O) groups is 1. The number of phenolic OH excluding ortho intramolecular Hbond substituents is 1. The molecule has 6 heteroatoms. The third-order valence-corrected chi connectivity index (χ3v) is 2.66. The van der Waals surface area contributed by atoms with E-state index in [1.165, 1.54) is 36.4 Å². The highest BCUT2D eigenvalue weighted by Gasteiger charge is 2.07. The Balaban J connectivity index is 1.97. The molecule has 0 saturated carbocycles. The minimum Gasteiger partial charge on any atom is -0.508 e. The summed E-state index contributed by atoms with van der Waals surface area (Å²) in [6.45, 7) is 0. The van der Waals surface area contributed by atoms with Crippen LogP contribution in [0.3, 0.4) is 0 Å². The number of non-ortho nitro benzene ring substituents is 1. The molecule has 0 aliphatic carbocycles. The first-order valence-corrected chi connectivity index (χ1v) is 5.87. The lowest BCUT2D eigenvalue weighted by atomic mass is 10.1. The molecule has 2 aromatic rings. The van der Waals surface area contributed by atoms with Gasteiger partial charge in [0.2, 0.25) is 5.91 Å². The number of nitro benzene ring substituents is 1. The average molecular weight is 272 g/mol. The predicted octanol–water partition coefficient (Wildman–Crippen LogP) is 2.48. The van der Waals surface area contributed by atoms with Gasteiger partial charge in [-0.25, -0.2) is 0 Å². The van der Waals surface area contributed by atoms with Crippen LogP contribution in [0, 0.1) is 10.1 Å². The summed E-state index contributed by atoms with van der Waals surface area (Å²) in [6.07, 6.45) is 0.164. The Morgan fingerprint density at radius 3 is 2.25 bits per heavy atom. The zero-order valence-corrected chi connectivity index (χ0v) is 10.4. The first-order chi connectivity index (χ1) is 9.54. The van der Waals surface area contributed by atoms with E-state index in [0.717, 1.165) is 5.56 Å². The molecule has 2 rings (SSSR count). The number of benzene rings is 2. The number of rotatable bonds is 4. The summed E-state index contributed by atoms with van der Waals surface area (Å²) in [6, 6.07) is 11.9. The minimum absolute atomic E-state index is 0.0264. The highest BCUT2D eigenvalue weighted by Crippen LogP contribution is 2.16. The Morgan fingerprint density at radius 1 is 1.10 bits per heavy atom. The third kappa shape index (κ3) is 3.55. The molecule has 2 aromatic carbocycles. The van der Waals surface area contributed by atoms with Gasteiger partial charge in [-0.15, -0.1) is 0 Å². The van der Waals surface area contributed by atoms with Gasteiger partial charge in [0.1, 0.15) is 5.75 Å². The van der Waals surface area contributed by atoms with Crippen LogP contribution in [0.1, 0.15) is 5.56 Å². The van der Waals surface area contributed by atoms with Gasteiger partial charge in [-0.05, 0) is 29.8 Å². The van der Waals surface area contributed by atoms with Crippen LogP contribution in [0.4, 0.5) is 11.4 Å². The number of nitro groups is 1. The lowest BCUT2D eigenvalue weighted by Gasteiger charge is -2.05. The molecule has 0 radical (unpaired) electrons. The highest BCUT2D eigenvalue weighted by molar-refractivity contribution is 5.92. The Morgan fingerprint density at radius 2 is 1.70 bits per heavy atom. The molecule has 102 valence electrons. The molecule has 0 aliphatic heterocycles. The first-order valence-electron chi connectivity index (χ1n) is 5.87. The first kappa shape index (κ1) is 13.5. The van der Waals surface area contributed by atoms with E-state index in [-0.39, 0.29) is 23.8 Å². The van der Waals surface area contributed by atoms with E-state index < -0.39 is 4.92 Å². The smallest absolute Gasteiger partial charge is 0.269 e. The lowest BCUT2D eigenvalue weighted by molar-refractivity contribution is -0.384. The molecule has 0 unspecified atom stereocenters. The standard InChI is InChI=1S/C14H12N2O4/c17-13-7-1-10(2-8-13)9-14(18)15-11-3-5-12(6-4-11)16(19)20/h1-8,17H,9H2,(H,15,18). The minimum atomic E-state index is -0.498. The van der Waals surface area contributed by atoms with E-state index in [4.69, 9.17) is 5.11 Å². The van der Waals surface area contributed by atoms with E-state index >= 15 is 0 Å². The van der Waals surface area contributed by atoms with Crippen molar-refractivity contribution in [3.05, 3.63) is 64.2 Å². The van der Waals surface area contributed by atoms with Crippen LogP contribution < -0.4 is 5.32 Å². The number of hydrogen-bond acceptors (Lipinski definition) is 4. The average Bonchev–Trinajstić information content (AvgIpc) is 2.42. The van der Waals surface area contributed by atoms with Gasteiger partial charge in [0.05, 0.1) is 11.3 Å². The SMILES string of the molecule is O=C(Cc1ccc(O)cc1)Nc1ccc([N+](=O)[O-])cc1. The van der Waals surface area contributed by atoms with Gasteiger partial charge >= 0.3 is 0 Å². The van der Waals surface area contributed by atoms with E-state index in [9.17, 15) is 14.9 Å². The summed E-state index contributed by atoms with van der Waals surface area (Å²) in [5.41, 5.74) is 1.24. The maximum atomic E-state index is 11.8. The van der Waals surface area contributed by atoms with Crippen molar-refractivity contribution in [2.24, 2.45) is 0 Å². The van der Waals surface area contributed by atoms with Crippen LogP contribution in [0.15, 0.2) is 48.5 Å². The molecular formula is C14H12N2O4. The van der Waals surface area contributed by atoms with Crippen molar-refractivity contribution >= 4 is 17.3 Å². The van der Waals surface area contributed by atoms with Crippen molar-refractivity contribution in [2.45, 2.75) is 6.42 Å². The molecule has 0 fully saturated rings. The van der Waals surface area contributed by atoms with Crippen molar-refractivity contribution < 1.29 is 14.8 Å². The highest BCUT2D eigenvalue weighted by atomic mass is 16.6. The van der Waals surface area contributed by atoms with Gasteiger partial charge in [0, 0.05) is 17.8 Å². The summed E-state index contributed by atoms with van der Waals surface area (Å²) in [7, 11) is 0. The molecule has 0 atom stereocenters. The number of hydrogen-bond donors (Lipinski definition) is 2. The van der Waals surface area contributed by atoms with E-state index in [1.54, 1.807) is 12.1 Å². The fraction of sp³-hybridized carbons (Fsp3) is 0.0714. The predicted molar refractivity (Wildman–Crippen MR) is 73.5 cm³/mol. The zero-order chi connectivity index (χ0) is 14.5. The molecule has 1 amide bonds. The second kappa shape index (κ2) is 5.83. The van der Waals surface area contributed by atoms with Crippen LogP contribution in [-0.4, -0.2) is 15.9 Å². The van der Waals surface area contributed by atoms with Crippen LogP contribution in [0.2, 0.25) is 0 Å². The Bertz CT molecular complexity index is 621. The third-order valence-electron chi connectivity index (χ3n) is 2.66. The summed E-state index contributed by atoms with van der Waals surface area (Å²) < 4.78 is 0. The van der Waals surface area contributed by atoms with Crippen molar-refractivity contribution in [1.82, 2.24) is 0 Å². The van der Waals surface area contributed by atoms with Gasteiger partial charge in [-0.2, -0.15) is 0 Å². The van der Waals surface area contributed by atoms with E-state index in [0.29, 0.717) is 5.69 Å². The van der Waals surface area contributed by atoms with Crippen LogP contribution in [0.5, 0.6) is 5.75 Å². The molecule has 0 heterocycles. The molecule has 2 N–H and O–H groups in total. The molecule has 6 nitrogen and oxygen atoms in total. The summed E-state index contributed by atoms with van der Waals surface area (Å²) in [4.78, 5) is 21.8. The second-order valence-corrected chi connectivity index (χ2v) is 4.20. The molecule has 0 spiro atoms. The number of nitrogens with zero attached hydrogens (tertiary/aromatic N) is 1. The maximum Gasteiger partial charge on any atom is 0.269 e. The van der Waals surface area contributed by atoms with Gasteiger partial charge in [-0.3, -0.25) is 14.9 Å². The number of phenols is 1. The fourth-order valence-corrected chi connectivity index (χ4v) is 1.67. The quantitative estimate of drug-likeness (QED) is 0.660. The monoisotopic (exact) mass is 272 g/mol. The summed E-state index contributed by atoms with van der Waals surface area (Å²) >= 11 is 0. The largest absolute Gasteiger partial charge is 0.508 e. The Labute approximate surface area is 114 Å². The Hall–Kier alpha value is -2.89. The van der Waals surface area contributed by atoms with Gasteiger partial charge in [0.15, 0.2) is 0 Å². The number of amides is 1. The number of anilines is 1. The lowest BCUT2D eigenvalue weighted by Crippen LogP contribution is -2.14. The van der Waals surface area contributed by atoms with Crippen molar-refractivity contribution in [3.63, 3.8) is 0 Å². The maximum absolute atomic E-state index is 11.8. The Kier molecular flexibility index (Phi) is 3.95. The zero-order valence-electron chi connectivity index (χ0n) is 10.4. The van der Waals surface area contributed by atoms with E-state index in [2.05, 4.69) is 5.32 Å². The summed E-state index contributed by atoms with van der Waals surface area (Å²) in [5, 5.41) is 22.3. The molecule has 20 heavy (non-hydrogen) atoms. The van der Waals surface area contributed by atoms with Crippen molar-refractivity contribution in [2.75, 3.05) is 5.32 Å². The molecule has 0 aromatic heterocycles. The normalized spacial score (nSPS) is 10.0. The molecular weight excluding hydrogens is 260 g/mol. The van der Waals surface area contributed by atoms with Gasteiger partial charge in [0.25, 0.3) is 5.69 Å². The van der Waals surface area contributed by atoms with Crippen molar-refractivity contribution in [1.29, 1.82) is 0 Å². The molecule has 0 aliphatic rings. The second-order valence-electron chi connectivity index (χ2n) is 4.20. The van der Waals surface area contributed by atoms with Gasteiger partial charge in [-0.1, -0.05) is 12.1 Å². The summed E-state index contributed by atoms with van der Waals surface area (Å²) in [5.74, 6) is -0.0888. The number of carbonyl (C=O) groups excluding carboxylic acids is 1. The fourth-order valence-electron chi connectivity index (χ4n) is 1.67. The molecule has 0 bridgehead atoms. The van der Waals surface area contributed by atoms with Crippen molar-refractivity contribution in [3.8, 4) is 5.75 Å². The van der Waals surface area contributed by atoms with E-state index in [1.807, 2.05) is 0 Å². The number of nitrogens with one attached hydrogen (secondary N) is 1. The van der Waals surface area contributed by atoms with Crippen LogP contribution >= 0.6 is 0 Å². The van der Waals surface area contributed by atoms with Gasteiger partial charge < -0.3 is 10.4 Å².